The third-order valence-electron chi connectivity index (χ3n) is 5.04. The van der Waals surface area contributed by atoms with Crippen molar-refractivity contribution in [3.05, 3.63) is 78.3 Å². The lowest BCUT2D eigenvalue weighted by Crippen LogP contribution is -2.05. The summed E-state index contributed by atoms with van der Waals surface area (Å²) < 4.78 is 3.89. The third-order valence-corrected chi connectivity index (χ3v) is 5.04. The number of benzene rings is 2. The molecule has 5 rings (SSSR count). The van der Waals surface area contributed by atoms with Crippen LogP contribution >= 0.6 is 0 Å². The summed E-state index contributed by atoms with van der Waals surface area (Å²) in [7, 11) is 2.01. The lowest BCUT2D eigenvalue weighted by molar-refractivity contribution is -0.111. The summed E-state index contributed by atoms with van der Waals surface area (Å²) in [6.45, 7) is 1.64. The molecule has 2 aromatic heterocycles. The van der Waals surface area contributed by atoms with Crippen LogP contribution in [0.15, 0.2) is 77.9 Å². The van der Waals surface area contributed by atoms with E-state index in [2.05, 4.69) is 28.1 Å². The number of oxime groups is 1. The van der Waals surface area contributed by atoms with Gasteiger partial charge in [0.1, 0.15) is 11.4 Å². The van der Waals surface area contributed by atoms with E-state index in [1.54, 1.807) is 13.0 Å². The Balaban J connectivity index is 1.72. The van der Waals surface area contributed by atoms with Crippen molar-refractivity contribution in [3.63, 3.8) is 0 Å². The van der Waals surface area contributed by atoms with Gasteiger partial charge in [0.2, 0.25) is 11.5 Å². The number of aromatic nitrogens is 3. The van der Waals surface area contributed by atoms with Gasteiger partial charge in [-0.3, -0.25) is 4.79 Å². The minimum absolute atomic E-state index is 0.205. The number of hydrogen-bond donors (Lipinski definition) is 0. The quantitative estimate of drug-likeness (QED) is 0.495. The molecule has 0 saturated heterocycles. The van der Waals surface area contributed by atoms with Crippen LogP contribution in [0.5, 0.6) is 0 Å². The number of nitrogens with zero attached hydrogens (tertiary/aromatic N) is 4. The number of carbonyl (C=O) groups is 1. The van der Waals surface area contributed by atoms with E-state index < -0.39 is 0 Å². The number of fused-ring (bicyclic) bond motifs is 1. The fourth-order valence-electron chi connectivity index (χ4n) is 3.56. The van der Waals surface area contributed by atoms with Gasteiger partial charge in [-0.1, -0.05) is 41.6 Å². The Hall–Kier alpha value is -3.93. The highest BCUT2D eigenvalue weighted by Gasteiger charge is 2.24. The summed E-state index contributed by atoms with van der Waals surface area (Å²) >= 11 is 0. The number of Topliss-reactive ketones (excluding diaryl/α,β-unsaturated/α-hetero) is 1. The Bertz CT molecular complexity index is 1310. The molecule has 0 amide bonds. The zero-order valence-corrected chi connectivity index (χ0v) is 16.0. The Morgan fingerprint density at radius 3 is 2.52 bits per heavy atom. The van der Waals surface area contributed by atoms with Gasteiger partial charge < -0.3 is 9.40 Å². The molecule has 29 heavy (non-hydrogen) atoms. The maximum absolute atomic E-state index is 12.3. The molecule has 0 radical (unpaired) electrons. The molecule has 0 fully saturated rings. The van der Waals surface area contributed by atoms with Crippen LogP contribution in [0.25, 0.3) is 33.9 Å². The number of carbonyl (C=O) groups excluding carboxylic acids is 1. The molecule has 0 saturated carbocycles. The highest BCUT2D eigenvalue weighted by molar-refractivity contribution is 6.46. The first-order valence-electron chi connectivity index (χ1n) is 9.29. The number of aryl methyl sites for hydroxylation is 1. The van der Waals surface area contributed by atoms with Crippen molar-refractivity contribution in [1.29, 1.82) is 0 Å². The maximum Gasteiger partial charge on any atom is 0.248 e. The SMILES string of the molecule is CC1=NO/C(=C\c2cn(-c3ccccc3)nc2-c2cn(C)c3ccccc23)C1=O. The summed E-state index contributed by atoms with van der Waals surface area (Å²) in [5.41, 5.74) is 4.95. The van der Waals surface area contributed by atoms with Crippen molar-refractivity contribution in [1.82, 2.24) is 14.3 Å². The minimum atomic E-state index is -0.207. The van der Waals surface area contributed by atoms with E-state index in [0.717, 1.165) is 33.4 Å². The molecule has 0 N–H and O–H groups in total. The van der Waals surface area contributed by atoms with Crippen LogP contribution < -0.4 is 0 Å². The Morgan fingerprint density at radius 2 is 1.76 bits per heavy atom. The summed E-state index contributed by atoms with van der Waals surface area (Å²) in [6.07, 6.45) is 5.68. The second-order valence-electron chi connectivity index (χ2n) is 6.99. The molecule has 142 valence electrons. The predicted octanol–water partition coefficient (Wildman–Crippen LogP) is 4.35. The molecular formula is C23H18N4O2. The summed E-state index contributed by atoms with van der Waals surface area (Å²) in [5.74, 6) is -0.00192. The molecular weight excluding hydrogens is 364 g/mol. The normalized spacial score (nSPS) is 15.2. The monoisotopic (exact) mass is 382 g/mol. The Labute approximate surface area is 167 Å². The van der Waals surface area contributed by atoms with E-state index in [9.17, 15) is 4.79 Å². The smallest absolute Gasteiger partial charge is 0.248 e. The number of hydrogen-bond acceptors (Lipinski definition) is 4. The number of allylic oxidation sites excluding steroid dienone is 1. The maximum atomic E-state index is 12.3. The van der Waals surface area contributed by atoms with Gasteiger partial charge in [0.25, 0.3) is 0 Å². The first-order chi connectivity index (χ1) is 14.1. The topological polar surface area (TPSA) is 61.4 Å². The van der Waals surface area contributed by atoms with E-state index in [1.165, 1.54) is 0 Å². The fourth-order valence-corrected chi connectivity index (χ4v) is 3.56. The Morgan fingerprint density at radius 1 is 1.00 bits per heavy atom. The molecule has 3 heterocycles. The third kappa shape index (κ3) is 2.86. The molecule has 0 bridgehead atoms. The predicted molar refractivity (Wildman–Crippen MR) is 113 cm³/mol. The first-order valence-corrected chi connectivity index (χ1v) is 9.29. The lowest BCUT2D eigenvalue weighted by atomic mass is 10.1. The molecule has 6 nitrogen and oxygen atoms in total. The van der Waals surface area contributed by atoms with Crippen LogP contribution in [0.2, 0.25) is 0 Å². The van der Waals surface area contributed by atoms with Gasteiger partial charge in [-0.25, -0.2) is 4.68 Å². The van der Waals surface area contributed by atoms with Crippen LogP contribution in [0.4, 0.5) is 0 Å². The fraction of sp³-hybridized carbons (Fsp3) is 0.0870. The van der Waals surface area contributed by atoms with Gasteiger partial charge >= 0.3 is 0 Å². The van der Waals surface area contributed by atoms with Gasteiger partial charge in [0.15, 0.2) is 0 Å². The number of rotatable bonds is 3. The van der Waals surface area contributed by atoms with Gasteiger partial charge in [0.05, 0.1) is 5.69 Å². The largest absolute Gasteiger partial charge is 0.352 e. The molecule has 6 heteroatoms. The summed E-state index contributed by atoms with van der Waals surface area (Å²) in [6, 6.07) is 18.1. The van der Waals surface area contributed by atoms with Crippen LogP contribution in [-0.4, -0.2) is 25.8 Å². The second kappa shape index (κ2) is 6.60. The van der Waals surface area contributed by atoms with E-state index in [-0.39, 0.29) is 11.5 Å². The molecule has 2 aromatic carbocycles. The zero-order valence-electron chi connectivity index (χ0n) is 16.0. The van der Waals surface area contributed by atoms with Gasteiger partial charge in [0, 0.05) is 41.5 Å². The van der Waals surface area contributed by atoms with E-state index in [1.807, 2.05) is 60.4 Å². The summed E-state index contributed by atoms with van der Waals surface area (Å²) in [4.78, 5) is 17.5. The van der Waals surface area contributed by atoms with Crippen LogP contribution in [0.1, 0.15) is 12.5 Å². The molecule has 1 aliphatic rings. The highest BCUT2D eigenvalue weighted by Crippen LogP contribution is 2.33. The average molecular weight is 382 g/mol. The summed E-state index contributed by atoms with van der Waals surface area (Å²) in [5, 5.41) is 9.73. The van der Waals surface area contributed by atoms with E-state index in [4.69, 9.17) is 9.94 Å². The van der Waals surface area contributed by atoms with E-state index in [0.29, 0.717) is 5.71 Å². The highest BCUT2D eigenvalue weighted by atomic mass is 16.6. The average Bonchev–Trinajstić information content (AvgIpc) is 3.41. The second-order valence-corrected chi connectivity index (χ2v) is 6.99. The number of para-hydroxylation sites is 2. The number of ketones is 1. The molecule has 0 unspecified atom stereocenters. The molecule has 0 spiro atoms. The molecule has 0 aliphatic carbocycles. The van der Waals surface area contributed by atoms with Gasteiger partial charge in [-0.05, 0) is 31.2 Å². The van der Waals surface area contributed by atoms with Crippen LogP contribution in [-0.2, 0) is 16.7 Å². The first kappa shape index (κ1) is 17.2. The van der Waals surface area contributed by atoms with Crippen molar-refractivity contribution in [3.8, 4) is 16.9 Å². The van der Waals surface area contributed by atoms with E-state index >= 15 is 0 Å². The minimum Gasteiger partial charge on any atom is -0.352 e. The van der Waals surface area contributed by atoms with Crippen molar-refractivity contribution in [2.24, 2.45) is 12.2 Å². The lowest BCUT2D eigenvalue weighted by Gasteiger charge is -2.00. The van der Waals surface area contributed by atoms with Crippen molar-refractivity contribution < 1.29 is 9.63 Å². The molecule has 4 aromatic rings. The van der Waals surface area contributed by atoms with Crippen molar-refractivity contribution in [2.75, 3.05) is 0 Å². The van der Waals surface area contributed by atoms with Crippen LogP contribution in [0, 0.1) is 0 Å². The van der Waals surface area contributed by atoms with Gasteiger partial charge in [-0.15, -0.1) is 0 Å². The van der Waals surface area contributed by atoms with Crippen molar-refractivity contribution >= 4 is 28.5 Å². The van der Waals surface area contributed by atoms with Crippen LogP contribution in [0.3, 0.4) is 0 Å². The van der Waals surface area contributed by atoms with Gasteiger partial charge in [-0.2, -0.15) is 5.10 Å². The van der Waals surface area contributed by atoms with Crippen molar-refractivity contribution in [2.45, 2.75) is 6.92 Å². The molecule has 0 atom stereocenters. The Kier molecular flexibility index (Phi) is 3.91. The standard InChI is InChI=1S/C23H18N4O2/c1-15-23(28)21(29-25-15)12-16-13-27(17-8-4-3-5-9-17)24-22(16)19-14-26(2)20-11-7-6-10-18(19)20/h3-14H,1-2H3/b21-12-. The zero-order chi connectivity index (χ0) is 20.0. The molecule has 1 aliphatic heterocycles.